The normalized spacial score (nSPS) is 28.5. The van der Waals surface area contributed by atoms with Crippen LogP contribution in [0, 0.1) is 11.8 Å². The van der Waals surface area contributed by atoms with Gasteiger partial charge in [0.05, 0.1) is 0 Å². The van der Waals surface area contributed by atoms with Crippen LogP contribution in [0.4, 0.5) is 0 Å². The lowest BCUT2D eigenvalue weighted by molar-refractivity contribution is 0.0954. The highest BCUT2D eigenvalue weighted by Crippen LogP contribution is 2.58. The molecule has 2 bridgehead atoms. The predicted molar refractivity (Wildman–Crippen MR) is 104 cm³/mol. The van der Waals surface area contributed by atoms with Crippen molar-refractivity contribution >= 4 is 5.91 Å². The van der Waals surface area contributed by atoms with Gasteiger partial charge in [0.1, 0.15) is 0 Å². The molecule has 2 aromatic rings. The first-order valence-electron chi connectivity index (χ1n) is 10.2. The fraction of sp³-hybridized carbons (Fsp3) is 0.458. The van der Waals surface area contributed by atoms with Crippen LogP contribution in [0.5, 0.6) is 0 Å². The number of rotatable bonds is 4. The molecule has 0 saturated heterocycles. The molecule has 4 unspecified atom stereocenters. The fourth-order valence-corrected chi connectivity index (χ4v) is 5.37. The van der Waals surface area contributed by atoms with E-state index in [9.17, 15) is 4.79 Å². The molecule has 26 heavy (non-hydrogen) atoms. The van der Waals surface area contributed by atoms with Crippen molar-refractivity contribution < 1.29 is 4.79 Å². The molecule has 2 heteroatoms. The largest absolute Gasteiger partial charge is 0.352 e. The number of carbonyl (C=O) groups is 1. The molecule has 4 atom stereocenters. The van der Waals surface area contributed by atoms with Crippen LogP contribution in [0.3, 0.4) is 0 Å². The summed E-state index contributed by atoms with van der Waals surface area (Å²) < 4.78 is 0. The Morgan fingerprint density at radius 3 is 2.73 bits per heavy atom. The summed E-state index contributed by atoms with van der Waals surface area (Å²) in [6, 6.07) is 16.7. The summed E-state index contributed by atoms with van der Waals surface area (Å²) >= 11 is 0. The first kappa shape index (κ1) is 16.1. The molecule has 0 radical (unpaired) electrons. The number of nitrogens with one attached hydrogen (secondary N) is 1. The molecule has 2 fully saturated rings. The molecule has 5 rings (SSSR count). The van der Waals surface area contributed by atoms with Crippen LogP contribution in [0.25, 0.3) is 0 Å². The van der Waals surface area contributed by atoms with Crippen molar-refractivity contribution in [3.05, 3.63) is 70.8 Å². The average Bonchev–Trinajstić information content (AvgIpc) is 3.25. The summed E-state index contributed by atoms with van der Waals surface area (Å²) in [6.07, 6.45) is 8.05. The van der Waals surface area contributed by atoms with Crippen LogP contribution in [0.15, 0.2) is 48.5 Å². The third-order valence-electron chi connectivity index (χ3n) is 6.83. The van der Waals surface area contributed by atoms with E-state index < -0.39 is 0 Å². The van der Waals surface area contributed by atoms with Gasteiger partial charge in [-0.05, 0) is 91.0 Å². The van der Waals surface area contributed by atoms with Gasteiger partial charge in [-0.1, -0.05) is 36.4 Å². The van der Waals surface area contributed by atoms with E-state index in [4.69, 9.17) is 0 Å². The van der Waals surface area contributed by atoms with E-state index in [1.165, 1.54) is 37.7 Å². The maximum absolute atomic E-state index is 12.2. The van der Waals surface area contributed by atoms with Crippen LogP contribution in [0.2, 0.25) is 0 Å². The molecule has 0 aromatic heterocycles. The van der Waals surface area contributed by atoms with Crippen molar-refractivity contribution in [1.29, 1.82) is 0 Å². The van der Waals surface area contributed by atoms with Crippen LogP contribution in [0.1, 0.15) is 71.0 Å². The van der Waals surface area contributed by atoms with E-state index in [0.29, 0.717) is 6.54 Å². The summed E-state index contributed by atoms with van der Waals surface area (Å²) in [5.41, 5.74) is 5.41. The molecule has 2 aromatic carbocycles. The Morgan fingerprint density at radius 2 is 1.85 bits per heavy atom. The number of hydrogen-bond acceptors (Lipinski definition) is 1. The Kier molecular flexibility index (Phi) is 4.07. The third kappa shape index (κ3) is 3.06. The van der Waals surface area contributed by atoms with Gasteiger partial charge in [0.2, 0.25) is 0 Å². The molecular formula is C24H27NO. The third-order valence-corrected chi connectivity index (χ3v) is 6.83. The summed E-state index contributed by atoms with van der Waals surface area (Å²) in [7, 11) is 0. The summed E-state index contributed by atoms with van der Waals surface area (Å²) in [6.45, 7) is 0.701. The molecular weight excluding hydrogens is 318 g/mol. The number of hydrogen-bond donors (Lipinski definition) is 1. The molecule has 0 heterocycles. The maximum Gasteiger partial charge on any atom is 0.251 e. The van der Waals surface area contributed by atoms with Crippen molar-refractivity contribution in [3.8, 4) is 0 Å². The van der Waals surface area contributed by atoms with E-state index in [-0.39, 0.29) is 5.91 Å². The molecule has 1 amide bonds. The minimum atomic E-state index is 0.0242. The van der Waals surface area contributed by atoms with Gasteiger partial charge in [0.15, 0.2) is 0 Å². The Bertz CT molecular complexity index is 812. The van der Waals surface area contributed by atoms with E-state index in [1.54, 1.807) is 11.1 Å². The van der Waals surface area contributed by atoms with Crippen molar-refractivity contribution in [3.63, 3.8) is 0 Å². The van der Waals surface area contributed by atoms with Crippen molar-refractivity contribution in [1.82, 2.24) is 5.32 Å². The lowest BCUT2D eigenvalue weighted by atomic mass is 9.85. The Balaban J connectivity index is 1.27. The fourth-order valence-electron chi connectivity index (χ4n) is 5.37. The SMILES string of the molecule is O=C(NCCc1ccc2c(c1)C1CC1CC1CCC2C1)c1ccccc1. The molecule has 0 spiro atoms. The number of amides is 1. The number of fused-ring (bicyclic) bond motifs is 6. The van der Waals surface area contributed by atoms with E-state index in [1.807, 2.05) is 30.3 Å². The highest BCUT2D eigenvalue weighted by molar-refractivity contribution is 5.94. The molecule has 2 nitrogen and oxygen atoms in total. The zero-order chi connectivity index (χ0) is 17.5. The summed E-state index contributed by atoms with van der Waals surface area (Å²) in [5, 5.41) is 3.06. The van der Waals surface area contributed by atoms with Crippen LogP contribution >= 0.6 is 0 Å². The molecule has 3 aliphatic carbocycles. The lowest BCUT2D eigenvalue weighted by Gasteiger charge is -2.20. The summed E-state index contributed by atoms with van der Waals surface area (Å²) in [4.78, 5) is 12.2. The van der Waals surface area contributed by atoms with Crippen LogP contribution in [-0.4, -0.2) is 12.5 Å². The molecule has 134 valence electrons. The van der Waals surface area contributed by atoms with Gasteiger partial charge in [-0.25, -0.2) is 0 Å². The van der Waals surface area contributed by atoms with Gasteiger partial charge in [-0.3, -0.25) is 4.79 Å². The van der Waals surface area contributed by atoms with Crippen molar-refractivity contribution in [2.45, 2.75) is 50.4 Å². The monoisotopic (exact) mass is 345 g/mol. The maximum atomic E-state index is 12.2. The highest BCUT2D eigenvalue weighted by Gasteiger charge is 2.45. The van der Waals surface area contributed by atoms with Crippen molar-refractivity contribution in [2.24, 2.45) is 11.8 Å². The topological polar surface area (TPSA) is 29.1 Å². The Labute approximate surface area is 156 Å². The van der Waals surface area contributed by atoms with Gasteiger partial charge >= 0.3 is 0 Å². The standard InChI is InChI=1S/C24H27NO/c26-24(18-4-2-1-3-5-18)25-11-10-16-7-9-21-19-8-6-17(12-19)13-20-15-22(20)23(21)14-16/h1-5,7,9,14,17,19-20,22H,6,8,10-13,15H2,(H,25,26). The quantitative estimate of drug-likeness (QED) is 0.825. The van der Waals surface area contributed by atoms with Crippen molar-refractivity contribution in [2.75, 3.05) is 6.54 Å². The van der Waals surface area contributed by atoms with Gasteiger partial charge in [0, 0.05) is 12.1 Å². The van der Waals surface area contributed by atoms with E-state index in [0.717, 1.165) is 35.7 Å². The van der Waals surface area contributed by atoms with Gasteiger partial charge in [0.25, 0.3) is 5.91 Å². The first-order valence-corrected chi connectivity index (χ1v) is 10.2. The second kappa shape index (κ2) is 6.57. The van der Waals surface area contributed by atoms with Crippen LogP contribution in [-0.2, 0) is 6.42 Å². The minimum Gasteiger partial charge on any atom is -0.352 e. The predicted octanol–water partition coefficient (Wildman–Crippen LogP) is 5.05. The molecule has 1 N–H and O–H groups in total. The second-order valence-corrected chi connectivity index (χ2v) is 8.55. The molecule has 3 aliphatic rings. The Morgan fingerprint density at radius 1 is 0.962 bits per heavy atom. The first-order chi connectivity index (χ1) is 12.8. The number of carbonyl (C=O) groups excluding carboxylic acids is 1. The second-order valence-electron chi connectivity index (χ2n) is 8.55. The minimum absolute atomic E-state index is 0.0242. The average molecular weight is 345 g/mol. The number of benzene rings is 2. The van der Waals surface area contributed by atoms with Gasteiger partial charge in [-0.15, -0.1) is 0 Å². The molecule has 2 saturated carbocycles. The summed E-state index contributed by atoms with van der Waals surface area (Å²) in [5.74, 6) is 3.61. The van der Waals surface area contributed by atoms with E-state index in [2.05, 4.69) is 23.5 Å². The Hall–Kier alpha value is -2.09. The lowest BCUT2D eigenvalue weighted by Crippen LogP contribution is -2.25. The van der Waals surface area contributed by atoms with E-state index >= 15 is 0 Å². The van der Waals surface area contributed by atoms with Crippen LogP contribution < -0.4 is 5.32 Å². The zero-order valence-electron chi connectivity index (χ0n) is 15.3. The van der Waals surface area contributed by atoms with Gasteiger partial charge in [-0.2, -0.15) is 0 Å². The highest BCUT2D eigenvalue weighted by atomic mass is 16.1. The zero-order valence-corrected chi connectivity index (χ0v) is 15.3. The smallest absolute Gasteiger partial charge is 0.251 e. The molecule has 0 aliphatic heterocycles. The van der Waals surface area contributed by atoms with Gasteiger partial charge < -0.3 is 5.32 Å².